The summed E-state index contributed by atoms with van der Waals surface area (Å²) < 4.78 is 13.2. The van der Waals surface area contributed by atoms with Gasteiger partial charge in [-0.15, -0.1) is 0 Å². The van der Waals surface area contributed by atoms with E-state index in [0.29, 0.717) is 6.54 Å². The second kappa shape index (κ2) is 7.12. The lowest BCUT2D eigenvalue weighted by Crippen LogP contribution is -2.22. The molecule has 2 N–H and O–H groups in total. The SMILES string of the molecule is CN(CCc1ccccn1)Cc1ccc(F)cc1CN. The second-order valence-corrected chi connectivity index (χ2v) is 4.93. The molecule has 20 heavy (non-hydrogen) atoms. The van der Waals surface area contributed by atoms with Crippen LogP contribution >= 0.6 is 0 Å². The van der Waals surface area contributed by atoms with Crippen LogP contribution in [-0.2, 0) is 19.5 Å². The lowest BCUT2D eigenvalue weighted by atomic mass is 10.1. The molecule has 0 spiro atoms. The van der Waals surface area contributed by atoms with Crippen LogP contribution < -0.4 is 5.73 Å². The van der Waals surface area contributed by atoms with Gasteiger partial charge in [-0.2, -0.15) is 0 Å². The van der Waals surface area contributed by atoms with Crippen LogP contribution in [0.1, 0.15) is 16.8 Å². The summed E-state index contributed by atoms with van der Waals surface area (Å²) in [6, 6.07) is 10.8. The number of pyridine rings is 1. The molecule has 106 valence electrons. The average molecular weight is 273 g/mol. The Hall–Kier alpha value is -1.78. The Labute approximate surface area is 119 Å². The first-order valence-electron chi connectivity index (χ1n) is 6.75. The van der Waals surface area contributed by atoms with Gasteiger partial charge in [0, 0.05) is 37.9 Å². The van der Waals surface area contributed by atoms with Crippen molar-refractivity contribution in [2.24, 2.45) is 5.73 Å². The highest BCUT2D eigenvalue weighted by molar-refractivity contribution is 5.27. The van der Waals surface area contributed by atoms with Gasteiger partial charge in [-0.25, -0.2) is 4.39 Å². The molecule has 0 fully saturated rings. The Kier molecular flexibility index (Phi) is 5.21. The first kappa shape index (κ1) is 14.6. The molecule has 3 nitrogen and oxygen atoms in total. The van der Waals surface area contributed by atoms with Crippen LogP contribution in [0.4, 0.5) is 4.39 Å². The van der Waals surface area contributed by atoms with Crippen molar-refractivity contribution >= 4 is 0 Å². The fourth-order valence-corrected chi connectivity index (χ4v) is 2.16. The number of nitrogens with two attached hydrogens (primary N) is 1. The highest BCUT2D eigenvalue weighted by atomic mass is 19.1. The molecule has 2 aromatic rings. The fourth-order valence-electron chi connectivity index (χ4n) is 2.16. The molecule has 2 rings (SSSR count). The molecular weight excluding hydrogens is 253 g/mol. The minimum absolute atomic E-state index is 0.231. The molecule has 4 heteroatoms. The summed E-state index contributed by atoms with van der Waals surface area (Å²) in [5.41, 5.74) is 8.70. The molecule has 0 unspecified atom stereocenters. The maximum atomic E-state index is 13.2. The van der Waals surface area contributed by atoms with Crippen LogP contribution in [0, 0.1) is 5.82 Å². The first-order valence-corrected chi connectivity index (χ1v) is 6.75. The van der Waals surface area contributed by atoms with Gasteiger partial charge < -0.3 is 10.6 Å². The largest absolute Gasteiger partial charge is 0.326 e. The van der Waals surface area contributed by atoms with Crippen LogP contribution in [0.5, 0.6) is 0 Å². The Balaban J connectivity index is 1.93. The summed E-state index contributed by atoms with van der Waals surface area (Å²) in [6.45, 7) is 2.03. The lowest BCUT2D eigenvalue weighted by molar-refractivity contribution is 0.329. The zero-order valence-electron chi connectivity index (χ0n) is 11.7. The molecule has 0 atom stereocenters. The van der Waals surface area contributed by atoms with E-state index in [9.17, 15) is 4.39 Å². The zero-order valence-corrected chi connectivity index (χ0v) is 11.7. The summed E-state index contributed by atoms with van der Waals surface area (Å²) in [7, 11) is 2.05. The van der Waals surface area contributed by atoms with Crippen LogP contribution in [0.25, 0.3) is 0 Å². The number of hydrogen-bond donors (Lipinski definition) is 1. The Morgan fingerprint density at radius 1 is 1.20 bits per heavy atom. The molecule has 0 radical (unpaired) electrons. The molecule has 0 saturated heterocycles. The van der Waals surface area contributed by atoms with Crippen molar-refractivity contribution in [1.82, 2.24) is 9.88 Å². The van der Waals surface area contributed by atoms with Gasteiger partial charge in [0.25, 0.3) is 0 Å². The molecule has 0 amide bonds. The van der Waals surface area contributed by atoms with Crippen LogP contribution in [0.2, 0.25) is 0 Å². The van der Waals surface area contributed by atoms with Gasteiger partial charge in [0.1, 0.15) is 5.82 Å². The highest BCUT2D eigenvalue weighted by Gasteiger charge is 2.06. The van der Waals surface area contributed by atoms with Gasteiger partial charge in [-0.05, 0) is 42.4 Å². The third kappa shape index (κ3) is 4.11. The van der Waals surface area contributed by atoms with Crippen molar-refractivity contribution in [3.05, 3.63) is 65.2 Å². The normalized spacial score (nSPS) is 11.0. The van der Waals surface area contributed by atoms with E-state index >= 15 is 0 Å². The predicted molar refractivity (Wildman–Crippen MR) is 78.6 cm³/mol. The summed E-state index contributed by atoms with van der Waals surface area (Å²) in [5, 5.41) is 0. The number of hydrogen-bond acceptors (Lipinski definition) is 3. The van der Waals surface area contributed by atoms with E-state index in [4.69, 9.17) is 5.73 Å². The fraction of sp³-hybridized carbons (Fsp3) is 0.312. The summed E-state index contributed by atoms with van der Waals surface area (Å²) in [4.78, 5) is 6.50. The third-order valence-electron chi connectivity index (χ3n) is 3.30. The Bertz CT molecular complexity index is 543. The van der Waals surface area contributed by atoms with Crippen molar-refractivity contribution < 1.29 is 4.39 Å². The quantitative estimate of drug-likeness (QED) is 0.878. The Morgan fingerprint density at radius 3 is 2.75 bits per heavy atom. The highest BCUT2D eigenvalue weighted by Crippen LogP contribution is 2.13. The minimum atomic E-state index is -0.231. The molecule has 1 aromatic carbocycles. The van der Waals surface area contributed by atoms with Crippen molar-refractivity contribution in [2.45, 2.75) is 19.5 Å². The number of aromatic nitrogens is 1. The third-order valence-corrected chi connectivity index (χ3v) is 3.30. The lowest BCUT2D eigenvalue weighted by Gasteiger charge is -2.18. The topological polar surface area (TPSA) is 42.2 Å². The van der Waals surface area contributed by atoms with Gasteiger partial charge >= 0.3 is 0 Å². The smallest absolute Gasteiger partial charge is 0.123 e. The summed E-state index contributed by atoms with van der Waals surface area (Å²) in [5.74, 6) is -0.231. The van der Waals surface area contributed by atoms with Crippen LogP contribution in [-0.4, -0.2) is 23.5 Å². The average Bonchev–Trinajstić information content (AvgIpc) is 2.48. The predicted octanol–water partition coefficient (Wildman–Crippen LogP) is 2.35. The molecule has 1 heterocycles. The molecule has 0 saturated carbocycles. The van der Waals surface area contributed by atoms with E-state index in [2.05, 4.69) is 9.88 Å². The minimum Gasteiger partial charge on any atom is -0.326 e. The molecule has 0 bridgehead atoms. The number of rotatable bonds is 6. The van der Waals surface area contributed by atoms with Gasteiger partial charge in [-0.1, -0.05) is 12.1 Å². The van der Waals surface area contributed by atoms with E-state index in [1.165, 1.54) is 12.1 Å². The maximum absolute atomic E-state index is 13.2. The van der Waals surface area contributed by atoms with Gasteiger partial charge in [0.05, 0.1) is 0 Å². The van der Waals surface area contributed by atoms with Crippen molar-refractivity contribution in [3.63, 3.8) is 0 Å². The molecule has 0 aliphatic heterocycles. The van der Waals surface area contributed by atoms with Gasteiger partial charge in [0.2, 0.25) is 0 Å². The maximum Gasteiger partial charge on any atom is 0.123 e. The van der Waals surface area contributed by atoms with E-state index < -0.39 is 0 Å². The monoisotopic (exact) mass is 273 g/mol. The van der Waals surface area contributed by atoms with E-state index in [-0.39, 0.29) is 5.82 Å². The van der Waals surface area contributed by atoms with Crippen molar-refractivity contribution in [2.75, 3.05) is 13.6 Å². The summed E-state index contributed by atoms with van der Waals surface area (Å²) >= 11 is 0. The van der Waals surface area contributed by atoms with Gasteiger partial charge in [-0.3, -0.25) is 4.98 Å². The van der Waals surface area contributed by atoms with Crippen molar-refractivity contribution in [3.8, 4) is 0 Å². The van der Waals surface area contributed by atoms with E-state index in [1.54, 1.807) is 0 Å². The molecular formula is C16H20FN3. The van der Waals surface area contributed by atoms with E-state index in [1.807, 2.05) is 37.5 Å². The van der Waals surface area contributed by atoms with Crippen LogP contribution in [0.3, 0.4) is 0 Å². The number of nitrogens with zero attached hydrogens (tertiary/aromatic N) is 2. The van der Waals surface area contributed by atoms with Crippen LogP contribution in [0.15, 0.2) is 42.6 Å². The standard InChI is InChI=1S/C16H20FN3/c1-20(9-7-16-4-2-3-8-19-16)12-13-5-6-15(17)10-14(13)11-18/h2-6,8,10H,7,9,11-12,18H2,1H3. The second-order valence-electron chi connectivity index (χ2n) is 4.93. The summed E-state index contributed by atoms with van der Waals surface area (Å²) in [6.07, 6.45) is 2.71. The van der Waals surface area contributed by atoms with Crippen molar-refractivity contribution in [1.29, 1.82) is 0 Å². The van der Waals surface area contributed by atoms with E-state index in [0.717, 1.165) is 36.3 Å². The molecule has 0 aliphatic carbocycles. The Morgan fingerprint density at radius 2 is 2.05 bits per heavy atom. The van der Waals surface area contributed by atoms with Gasteiger partial charge in [0.15, 0.2) is 0 Å². The number of halogens is 1. The molecule has 0 aliphatic rings. The zero-order chi connectivity index (χ0) is 14.4. The molecule has 1 aromatic heterocycles. The first-order chi connectivity index (χ1) is 9.69. The number of benzene rings is 1. The number of likely N-dealkylation sites (N-methyl/N-ethyl adjacent to an activating group) is 1.